The van der Waals surface area contributed by atoms with E-state index in [1.54, 1.807) is 11.5 Å². The van der Waals surface area contributed by atoms with Crippen molar-refractivity contribution in [1.29, 1.82) is 0 Å². The molecule has 1 aromatic heterocycles. The number of aryl methyl sites for hydroxylation is 1. The molecule has 3 nitrogen and oxygen atoms in total. The molecule has 1 fully saturated rings. The molecule has 2 N–H and O–H groups in total. The van der Waals surface area contributed by atoms with E-state index < -0.39 is 0 Å². The van der Waals surface area contributed by atoms with Crippen LogP contribution in [0.5, 0.6) is 0 Å². The Morgan fingerprint density at radius 1 is 1.58 bits per heavy atom. The lowest BCUT2D eigenvalue weighted by Gasteiger charge is -2.07. The quantitative estimate of drug-likeness (QED) is 0.766. The largest absolute Gasteiger partial charge is 0.330 e. The van der Waals surface area contributed by atoms with Gasteiger partial charge in [0.1, 0.15) is 10.8 Å². The fourth-order valence-electron chi connectivity index (χ4n) is 1.51. The van der Waals surface area contributed by atoms with Crippen LogP contribution in [0.4, 0.5) is 0 Å². The van der Waals surface area contributed by atoms with Crippen molar-refractivity contribution < 1.29 is 0 Å². The minimum Gasteiger partial charge on any atom is -0.330 e. The minimum atomic E-state index is 0.334. The van der Waals surface area contributed by atoms with Crippen molar-refractivity contribution in [3.8, 4) is 0 Å². The second-order valence-electron chi connectivity index (χ2n) is 3.47. The summed E-state index contributed by atoms with van der Waals surface area (Å²) in [4.78, 5) is 4.42. The molecular weight excluding hydrogens is 170 g/mol. The molecule has 1 saturated carbocycles. The van der Waals surface area contributed by atoms with Crippen molar-refractivity contribution in [2.45, 2.75) is 31.6 Å². The summed E-state index contributed by atoms with van der Waals surface area (Å²) in [7, 11) is 0. The summed E-state index contributed by atoms with van der Waals surface area (Å²) in [6, 6.07) is 0. The van der Waals surface area contributed by atoms with E-state index in [0.717, 1.165) is 18.8 Å². The molecule has 2 rings (SSSR count). The highest BCUT2D eigenvalue weighted by atomic mass is 32.1. The average molecular weight is 183 g/mol. The summed E-state index contributed by atoms with van der Waals surface area (Å²) in [5.41, 5.74) is 5.89. The van der Waals surface area contributed by atoms with Crippen LogP contribution in [0.15, 0.2) is 0 Å². The third kappa shape index (κ3) is 1.25. The van der Waals surface area contributed by atoms with Gasteiger partial charge in [0.15, 0.2) is 0 Å². The predicted octanol–water partition coefficient (Wildman–Crippen LogP) is 1.23. The van der Waals surface area contributed by atoms with Gasteiger partial charge in [0.05, 0.1) is 0 Å². The van der Waals surface area contributed by atoms with Crippen LogP contribution in [0.1, 0.15) is 30.1 Å². The average Bonchev–Trinajstić information content (AvgIpc) is 2.69. The Balaban J connectivity index is 2.18. The van der Waals surface area contributed by atoms with Gasteiger partial charge in [-0.25, -0.2) is 4.98 Å². The molecule has 0 aromatic carbocycles. The number of nitrogens with zero attached hydrogens (tertiary/aromatic N) is 2. The Morgan fingerprint density at radius 3 is 2.75 bits per heavy atom. The van der Waals surface area contributed by atoms with Crippen molar-refractivity contribution in [3.63, 3.8) is 0 Å². The zero-order valence-corrected chi connectivity index (χ0v) is 8.02. The molecule has 0 amide bonds. The van der Waals surface area contributed by atoms with Gasteiger partial charge in [0.2, 0.25) is 0 Å². The maximum Gasteiger partial charge on any atom is 0.139 e. The molecule has 0 bridgehead atoms. The predicted molar refractivity (Wildman–Crippen MR) is 49.2 cm³/mol. The number of nitrogens with two attached hydrogens (primary N) is 1. The molecule has 12 heavy (non-hydrogen) atoms. The Hall–Kier alpha value is -0.480. The van der Waals surface area contributed by atoms with Gasteiger partial charge >= 0.3 is 0 Å². The second kappa shape index (κ2) is 2.78. The van der Waals surface area contributed by atoms with E-state index in [2.05, 4.69) is 9.36 Å². The van der Waals surface area contributed by atoms with Gasteiger partial charge in [-0.15, -0.1) is 0 Å². The first kappa shape index (κ1) is 8.13. The maximum absolute atomic E-state index is 5.56. The lowest BCUT2D eigenvalue weighted by molar-refractivity contribution is 0.623. The van der Waals surface area contributed by atoms with Crippen molar-refractivity contribution in [2.75, 3.05) is 6.54 Å². The number of rotatable bonds is 3. The summed E-state index contributed by atoms with van der Waals surface area (Å²) in [5, 5.41) is 1.20. The van der Waals surface area contributed by atoms with Crippen molar-refractivity contribution in [2.24, 2.45) is 5.73 Å². The number of hydrogen-bond acceptors (Lipinski definition) is 4. The van der Waals surface area contributed by atoms with Gasteiger partial charge in [-0.2, -0.15) is 4.37 Å². The van der Waals surface area contributed by atoms with Crippen LogP contribution in [0.2, 0.25) is 0 Å². The summed E-state index contributed by atoms with van der Waals surface area (Å²) < 4.78 is 4.19. The molecule has 0 atom stereocenters. The fraction of sp³-hybridized carbons (Fsp3) is 0.750. The Morgan fingerprint density at radius 2 is 2.33 bits per heavy atom. The molecular formula is C8H13N3S. The van der Waals surface area contributed by atoms with E-state index >= 15 is 0 Å². The van der Waals surface area contributed by atoms with Crippen LogP contribution in [-0.4, -0.2) is 15.9 Å². The fourth-order valence-corrected chi connectivity index (χ4v) is 2.44. The second-order valence-corrected chi connectivity index (χ2v) is 4.22. The van der Waals surface area contributed by atoms with Crippen molar-refractivity contribution >= 4 is 11.5 Å². The maximum atomic E-state index is 5.56. The SMILES string of the molecule is Cc1nsc(C2(CCN)CC2)n1. The van der Waals surface area contributed by atoms with Gasteiger partial charge in [-0.1, -0.05) is 0 Å². The Labute approximate surface area is 76.2 Å². The van der Waals surface area contributed by atoms with E-state index in [-0.39, 0.29) is 0 Å². The Bertz CT molecular complexity index is 278. The van der Waals surface area contributed by atoms with Gasteiger partial charge in [0, 0.05) is 5.41 Å². The van der Waals surface area contributed by atoms with E-state index in [1.807, 2.05) is 6.92 Å². The Kier molecular flexibility index (Phi) is 1.88. The molecule has 1 aliphatic carbocycles. The smallest absolute Gasteiger partial charge is 0.139 e. The molecule has 1 aliphatic rings. The first-order chi connectivity index (χ1) is 5.77. The summed E-state index contributed by atoms with van der Waals surface area (Å²) in [5.74, 6) is 0.901. The van der Waals surface area contributed by atoms with E-state index in [0.29, 0.717) is 5.41 Å². The summed E-state index contributed by atoms with van der Waals surface area (Å²) in [6.45, 7) is 2.71. The lowest BCUT2D eigenvalue weighted by Crippen LogP contribution is -2.13. The van der Waals surface area contributed by atoms with Crippen LogP contribution in [0, 0.1) is 6.92 Å². The third-order valence-electron chi connectivity index (χ3n) is 2.46. The highest BCUT2D eigenvalue weighted by Gasteiger charge is 2.46. The van der Waals surface area contributed by atoms with Crippen molar-refractivity contribution in [3.05, 3.63) is 10.8 Å². The van der Waals surface area contributed by atoms with Gasteiger partial charge in [0.25, 0.3) is 0 Å². The molecule has 1 heterocycles. The highest BCUT2D eigenvalue weighted by molar-refractivity contribution is 7.05. The molecule has 1 aromatic rings. The number of hydrogen-bond donors (Lipinski definition) is 1. The van der Waals surface area contributed by atoms with Gasteiger partial charge < -0.3 is 5.73 Å². The molecule has 4 heteroatoms. The van der Waals surface area contributed by atoms with E-state index in [1.165, 1.54) is 17.8 Å². The normalized spacial score (nSPS) is 19.5. The van der Waals surface area contributed by atoms with Crippen LogP contribution in [-0.2, 0) is 5.41 Å². The molecule has 66 valence electrons. The molecule has 0 unspecified atom stereocenters. The molecule has 0 spiro atoms. The minimum absolute atomic E-state index is 0.334. The van der Waals surface area contributed by atoms with Crippen molar-refractivity contribution in [1.82, 2.24) is 9.36 Å². The summed E-state index contributed by atoms with van der Waals surface area (Å²) >= 11 is 1.54. The topological polar surface area (TPSA) is 51.8 Å². The molecule has 0 saturated heterocycles. The zero-order valence-electron chi connectivity index (χ0n) is 7.21. The van der Waals surface area contributed by atoms with Crippen LogP contribution >= 0.6 is 11.5 Å². The molecule has 0 aliphatic heterocycles. The first-order valence-corrected chi connectivity index (χ1v) is 5.05. The summed E-state index contributed by atoms with van der Waals surface area (Å²) in [6.07, 6.45) is 3.57. The van der Waals surface area contributed by atoms with E-state index in [9.17, 15) is 0 Å². The van der Waals surface area contributed by atoms with Crippen LogP contribution in [0.25, 0.3) is 0 Å². The highest BCUT2D eigenvalue weighted by Crippen LogP contribution is 2.51. The van der Waals surface area contributed by atoms with Crippen LogP contribution in [0.3, 0.4) is 0 Å². The standard InChI is InChI=1S/C8H13N3S/c1-6-10-7(12-11-6)8(2-3-8)4-5-9/h2-5,9H2,1H3. The monoisotopic (exact) mass is 183 g/mol. The first-order valence-electron chi connectivity index (χ1n) is 4.28. The third-order valence-corrected chi connectivity index (χ3v) is 3.51. The molecule has 0 radical (unpaired) electrons. The van der Waals surface area contributed by atoms with Gasteiger partial charge in [-0.3, -0.25) is 0 Å². The lowest BCUT2D eigenvalue weighted by atomic mass is 10.0. The zero-order chi connectivity index (χ0) is 8.60. The van der Waals surface area contributed by atoms with Crippen LogP contribution < -0.4 is 5.73 Å². The number of aromatic nitrogens is 2. The van der Waals surface area contributed by atoms with E-state index in [4.69, 9.17) is 5.73 Å². The van der Waals surface area contributed by atoms with Gasteiger partial charge in [-0.05, 0) is 44.3 Å².